The summed E-state index contributed by atoms with van der Waals surface area (Å²) in [6.45, 7) is 5.17. The number of hydrogen-bond acceptors (Lipinski definition) is 5. The monoisotopic (exact) mass is 282 g/mol. The second kappa shape index (κ2) is 5.66. The zero-order valence-corrected chi connectivity index (χ0v) is 11.9. The Labute approximate surface area is 116 Å². The van der Waals surface area contributed by atoms with E-state index in [1.807, 2.05) is 0 Å². The highest BCUT2D eigenvalue weighted by atomic mass is 32.1. The fraction of sp³-hybridized carbons (Fsp3) is 0.583. The third-order valence-corrected chi connectivity index (χ3v) is 4.32. The number of piperidine rings is 1. The lowest BCUT2D eigenvalue weighted by Gasteiger charge is -2.33. The van der Waals surface area contributed by atoms with Crippen LogP contribution in [0.4, 0.5) is 9.93 Å². The van der Waals surface area contributed by atoms with Gasteiger partial charge in [-0.2, -0.15) is 5.01 Å². The number of amides is 2. The quantitative estimate of drug-likeness (QED) is 0.915. The fourth-order valence-corrected chi connectivity index (χ4v) is 2.89. The van der Waals surface area contributed by atoms with Crippen molar-refractivity contribution in [3.8, 4) is 0 Å². The van der Waals surface area contributed by atoms with E-state index < -0.39 is 6.03 Å². The van der Waals surface area contributed by atoms with Crippen LogP contribution < -0.4 is 10.7 Å². The van der Waals surface area contributed by atoms with Gasteiger partial charge in [0.25, 0.3) is 0 Å². The van der Waals surface area contributed by atoms with Gasteiger partial charge in [-0.25, -0.2) is 14.8 Å². The van der Waals surface area contributed by atoms with E-state index in [9.17, 15) is 9.59 Å². The molecule has 1 aliphatic heterocycles. The van der Waals surface area contributed by atoms with E-state index in [0.717, 1.165) is 4.88 Å². The Morgan fingerprint density at radius 1 is 1.47 bits per heavy atom. The van der Waals surface area contributed by atoms with Crippen LogP contribution in [0.5, 0.6) is 0 Å². The predicted molar refractivity (Wildman–Crippen MR) is 74.1 cm³/mol. The number of aromatic nitrogens is 1. The number of rotatable bonds is 3. The third kappa shape index (κ3) is 3.10. The molecule has 2 amide bonds. The summed E-state index contributed by atoms with van der Waals surface area (Å²) in [5, 5.41) is 3.76. The molecule has 0 atom stereocenters. The molecule has 104 valence electrons. The maximum atomic E-state index is 11.6. The number of nitrogens with two attached hydrogens (primary N) is 1. The summed E-state index contributed by atoms with van der Waals surface area (Å²) in [7, 11) is 0. The molecule has 0 radical (unpaired) electrons. The molecule has 0 bridgehead atoms. The molecular formula is C12H18N4O2S. The minimum absolute atomic E-state index is 0.225. The number of urea groups is 1. The van der Waals surface area contributed by atoms with Crippen LogP contribution in [0.2, 0.25) is 0 Å². The molecule has 2 heterocycles. The van der Waals surface area contributed by atoms with Crippen molar-refractivity contribution in [2.24, 2.45) is 5.73 Å². The van der Waals surface area contributed by atoms with E-state index in [2.05, 4.69) is 18.8 Å². The third-order valence-electron chi connectivity index (χ3n) is 3.05. The molecular weight excluding hydrogens is 264 g/mol. The van der Waals surface area contributed by atoms with E-state index >= 15 is 0 Å². The second-order valence-corrected chi connectivity index (χ2v) is 5.88. The Bertz CT molecular complexity index is 476. The Morgan fingerprint density at radius 3 is 2.58 bits per heavy atom. The second-order valence-electron chi connectivity index (χ2n) is 4.84. The molecule has 0 aliphatic carbocycles. The lowest BCUT2D eigenvalue weighted by Crippen LogP contribution is -2.52. The van der Waals surface area contributed by atoms with Gasteiger partial charge in [0, 0.05) is 37.0 Å². The van der Waals surface area contributed by atoms with Crippen LogP contribution in [0.3, 0.4) is 0 Å². The Balaban J connectivity index is 2.19. The van der Waals surface area contributed by atoms with E-state index in [1.165, 1.54) is 16.3 Å². The molecule has 7 heteroatoms. The van der Waals surface area contributed by atoms with Crippen molar-refractivity contribution < 1.29 is 9.59 Å². The number of carbonyl (C=O) groups excluding carboxylic acids is 2. The van der Waals surface area contributed by atoms with Gasteiger partial charge in [0.1, 0.15) is 5.78 Å². The number of nitrogens with zero attached hydrogens (tertiary/aromatic N) is 3. The summed E-state index contributed by atoms with van der Waals surface area (Å²) < 4.78 is 0. The first kappa shape index (κ1) is 14.0. The smallest absolute Gasteiger partial charge is 0.336 e. The van der Waals surface area contributed by atoms with Gasteiger partial charge in [0.2, 0.25) is 5.13 Å². The lowest BCUT2D eigenvalue weighted by molar-refractivity contribution is -0.121. The molecule has 19 heavy (non-hydrogen) atoms. The van der Waals surface area contributed by atoms with Crippen molar-refractivity contribution in [1.29, 1.82) is 0 Å². The van der Waals surface area contributed by atoms with Crippen LogP contribution in [0.15, 0.2) is 6.20 Å². The summed E-state index contributed by atoms with van der Waals surface area (Å²) >= 11 is 1.46. The number of primary amides is 1. The van der Waals surface area contributed by atoms with E-state index in [4.69, 9.17) is 5.73 Å². The lowest BCUT2D eigenvalue weighted by atomic mass is 10.1. The highest BCUT2D eigenvalue weighted by Crippen LogP contribution is 2.29. The summed E-state index contributed by atoms with van der Waals surface area (Å²) in [5.41, 5.74) is 5.45. The van der Waals surface area contributed by atoms with Crippen molar-refractivity contribution in [2.45, 2.75) is 32.6 Å². The largest absolute Gasteiger partial charge is 0.350 e. The minimum atomic E-state index is -0.556. The topological polar surface area (TPSA) is 79.5 Å². The molecule has 2 N–H and O–H groups in total. The fourth-order valence-electron chi connectivity index (χ4n) is 1.94. The normalized spacial score (nSPS) is 16.9. The van der Waals surface area contributed by atoms with Gasteiger partial charge >= 0.3 is 6.03 Å². The maximum Gasteiger partial charge on any atom is 0.336 e. The molecule has 0 aromatic carbocycles. The molecule has 0 saturated carbocycles. The maximum absolute atomic E-state index is 11.6. The molecule has 2 rings (SSSR count). The average molecular weight is 282 g/mol. The molecule has 1 aromatic rings. The Morgan fingerprint density at radius 2 is 2.11 bits per heavy atom. The molecule has 1 aromatic heterocycles. The van der Waals surface area contributed by atoms with E-state index in [0.29, 0.717) is 37.0 Å². The molecule has 0 unspecified atom stereocenters. The standard InChI is InChI=1S/C12H18N4O2S/c1-8(2)10-7-14-12(19-10)16(11(13)18)15-5-3-9(17)4-6-15/h7-8H,3-6H2,1-2H3,(H2,13,18). The Hall–Kier alpha value is -1.47. The van der Waals surface area contributed by atoms with Gasteiger partial charge < -0.3 is 5.73 Å². The number of carbonyl (C=O) groups is 2. The van der Waals surface area contributed by atoms with Crippen molar-refractivity contribution in [3.63, 3.8) is 0 Å². The van der Waals surface area contributed by atoms with Crippen LogP contribution in [0.1, 0.15) is 37.5 Å². The molecule has 6 nitrogen and oxygen atoms in total. The number of Topliss-reactive ketones (excluding diaryl/α,β-unsaturated/α-hetero) is 1. The van der Waals surface area contributed by atoms with Crippen molar-refractivity contribution in [3.05, 3.63) is 11.1 Å². The van der Waals surface area contributed by atoms with Gasteiger partial charge in [0.05, 0.1) is 0 Å². The first-order valence-corrected chi connectivity index (χ1v) is 7.12. The van der Waals surface area contributed by atoms with Crippen LogP contribution in [0, 0.1) is 0 Å². The zero-order valence-electron chi connectivity index (χ0n) is 11.1. The van der Waals surface area contributed by atoms with Gasteiger partial charge in [-0.3, -0.25) is 4.79 Å². The summed E-state index contributed by atoms with van der Waals surface area (Å²) in [6, 6.07) is -0.556. The van der Waals surface area contributed by atoms with E-state index in [1.54, 1.807) is 11.2 Å². The first-order valence-electron chi connectivity index (χ1n) is 6.31. The number of hydrogen-bond donors (Lipinski definition) is 1. The Kier molecular flexibility index (Phi) is 4.16. The molecule has 1 aliphatic rings. The number of ketones is 1. The number of thiazole rings is 1. The van der Waals surface area contributed by atoms with Crippen LogP contribution >= 0.6 is 11.3 Å². The average Bonchev–Trinajstić information content (AvgIpc) is 2.81. The first-order chi connectivity index (χ1) is 8.99. The van der Waals surface area contributed by atoms with Gasteiger partial charge in [0.15, 0.2) is 0 Å². The van der Waals surface area contributed by atoms with Crippen molar-refractivity contribution in [1.82, 2.24) is 9.99 Å². The SMILES string of the molecule is CC(C)c1cnc(N(C(N)=O)N2CCC(=O)CC2)s1. The number of anilines is 1. The van der Waals surface area contributed by atoms with Crippen LogP contribution in [-0.4, -0.2) is 34.9 Å². The van der Waals surface area contributed by atoms with Gasteiger partial charge in [-0.05, 0) is 5.92 Å². The zero-order chi connectivity index (χ0) is 14.0. The number of hydrazine groups is 1. The van der Waals surface area contributed by atoms with Crippen molar-refractivity contribution >= 4 is 28.3 Å². The molecule has 1 fully saturated rings. The molecule has 1 saturated heterocycles. The molecule has 0 spiro atoms. The highest BCUT2D eigenvalue weighted by molar-refractivity contribution is 7.15. The van der Waals surface area contributed by atoms with Gasteiger partial charge in [-0.1, -0.05) is 25.2 Å². The minimum Gasteiger partial charge on any atom is -0.350 e. The van der Waals surface area contributed by atoms with Crippen LogP contribution in [0.25, 0.3) is 0 Å². The summed E-state index contributed by atoms with van der Waals surface area (Å²) in [6.07, 6.45) is 2.67. The van der Waals surface area contributed by atoms with Gasteiger partial charge in [-0.15, -0.1) is 0 Å². The van der Waals surface area contributed by atoms with Crippen LogP contribution in [-0.2, 0) is 4.79 Å². The summed E-state index contributed by atoms with van der Waals surface area (Å²) in [5.74, 6) is 0.589. The highest BCUT2D eigenvalue weighted by Gasteiger charge is 2.27. The predicted octanol–water partition coefficient (Wildman–Crippen LogP) is 1.73. The summed E-state index contributed by atoms with van der Waals surface area (Å²) in [4.78, 5) is 28.3. The van der Waals surface area contributed by atoms with Crippen molar-refractivity contribution in [2.75, 3.05) is 18.1 Å². The van der Waals surface area contributed by atoms with E-state index in [-0.39, 0.29) is 5.78 Å².